The Morgan fingerprint density at radius 2 is 1.20 bits per heavy atom. The average Bonchev–Trinajstić information content (AvgIpc) is 3.40. The highest BCUT2D eigenvalue weighted by Gasteiger charge is 2.33. The van der Waals surface area contributed by atoms with Gasteiger partial charge < -0.3 is 4.90 Å². The lowest BCUT2D eigenvalue weighted by atomic mass is 10.1. The van der Waals surface area contributed by atoms with Crippen molar-refractivity contribution in [1.82, 2.24) is 0 Å². The van der Waals surface area contributed by atoms with Crippen LogP contribution >= 0.6 is 0 Å². The maximum Gasteiger partial charge on any atom is 0.0433 e. The molecule has 0 heterocycles. The van der Waals surface area contributed by atoms with E-state index in [4.69, 9.17) is 0 Å². The molecule has 0 amide bonds. The van der Waals surface area contributed by atoms with E-state index in [2.05, 4.69) is 96.8 Å². The lowest BCUT2D eigenvalue weighted by Crippen LogP contribution is -2.22. The summed E-state index contributed by atoms with van der Waals surface area (Å²) in [5.41, 5.74) is 5.48. The molecule has 3 aromatic rings. The zero-order valence-corrected chi connectivity index (χ0v) is 14.8. The van der Waals surface area contributed by atoms with Crippen molar-refractivity contribution in [2.75, 3.05) is 4.90 Å². The van der Waals surface area contributed by atoms with Crippen LogP contribution in [0.3, 0.4) is 0 Å². The number of hydrogen-bond donors (Lipinski definition) is 0. The summed E-state index contributed by atoms with van der Waals surface area (Å²) in [6.45, 7) is 4.19. The topological polar surface area (TPSA) is 3.24 Å². The molecule has 1 heteroatoms. The normalized spacial score (nSPS) is 18.8. The van der Waals surface area contributed by atoms with Gasteiger partial charge in [0.2, 0.25) is 0 Å². The number of rotatable bonds is 6. The van der Waals surface area contributed by atoms with Crippen molar-refractivity contribution in [3.63, 3.8) is 0 Å². The molecule has 1 unspecified atom stereocenters. The van der Waals surface area contributed by atoms with Crippen molar-refractivity contribution in [2.24, 2.45) is 5.92 Å². The third-order valence-corrected chi connectivity index (χ3v) is 5.23. The van der Waals surface area contributed by atoms with E-state index in [9.17, 15) is 0 Å². The van der Waals surface area contributed by atoms with Gasteiger partial charge in [-0.05, 0) is 47.1 Å². The van der Waals surface area contributed by atoms with E-state index in [1.165, 1.54) is 28.8 Å². The standard InChI is InChI=1S/C24H25N/c1-19-16-24(19)22-12-14-23(15-13-22)25(17-20-8-4-2-5-9-20)18-21-10-6-3-7-11-21/h2-15,19,24H,16-18H2,1H3/t19?,24-/m0/s1. The first-order chi connectivity index (χ1) is 12.3. The lowest BCUT2D eigenvalue weighted by molar-refractivity contribution is 0.799. The highest BCUT2D eigenvalue weighted by atomic mass is 15.1. The van der Waals surface area contributed by atoms with Gasteiger partial charge in [-0.3, -0.25) is 0 Å². The fourth-order valence-corrected chi connectivity index (χ4v) is 3.57. The molecule has 0 radical (unpaired) electrons. The first-order valence-electron chi connectivity index (χ1n) is 9.22. The Kier molecular flexibility index (Phi) is 4.56. The van der Waals surface area contributed by atoms with Gasteiger partial charge in [0, 0.05) is 18.8 Å². The molecule has 0 bridgehead atoms. The van der Waals surface area contributed by atoms with Gasteiger partial charge in [-0.25, -0.2) is 0 Å². The van der Waals surface area contributed by atoms with Crippen molar-refractivity contribution in [2.45, 2.75) is 32.4 Å². The fraction of sp³-hybridized carbons (Fsp3) is 0.250. The highest BCUT2D eigenvalue weighted by Crippen LogP contribution is 2.47. The van der Waals surface area contributed by atoms with Crippen LogP contribution in [0.1, 0.15) is 36.0 Å². The Balaban J connectivity index is 1.57. The summed E-state index contributed by atoms with van der Waals surface area (Å²) < 4.78 is 0. The molecule has 25 heavy (non-hydrogen) atoms. The van der Waals surface area contributed by atoms with Crippen LogP contribution in [0.2, 0.25) is 0 Å². The Bertz CT molecular complexity index is 751. The smallest absolute Gasteiger partial charge is 0.0433 e. The van der Waals surface area contributed by atoms with Crippen LogP contribution in [0.15, 0.2) is 84.9 Å². The maximum atomic E-state index is 2.46. The second kappa shape index (κ2) is 7.14. The third-order valence-electron chi connectivity index (χ3n) is 5.23. The van der Waals surface area contributed by atoms with E-state index >= 15 is 0 Å². The Morgan fingerprint density at radius 3 is 1.64 bits per heavy atom. The molecular weight excluding hydrogens is 302 g/mol. The largest absolute Gasteiger partial charge is 0.363 e. The first kappa shape index (κ1) is 16.0. The Hall–Kier alpha value is -2.54. The van der Waals surface area contributed by atoms with E-state index in [-0.39, 0.29) is 0 Å². The number of nitrogens with zero attached hydrogens (tertiary/aromatic N) is 1. The van der Waals surface area contributed by atoms with Crippen molar-refractivity contribution in [3.05, 3.63) is 102 Å². The van der Waals surface area contributed by atoms with Crippen molar-refractivity contribution in [1.29, 1.82) is 0 Å². The number of anilines is 1. The van der Waals surface area contributed by atoms with Gasteiger partial charge in [0.1, 0.15) is 0 Å². The molecule has 0 aromatic heterocycles. The molecule has 126 valence electrons. The molecule has 0 N–H and O–H groups in total. The summed E-state index contributed by atoms with van der Waals surface area (Å²) >= 11 is 0. The predicted octanol–water partition coefficient (Wildman–Crippen LogP) is 6.02. The lowest BCUT2D eigenvalue weighted by Gasteiger charge is -2.25. The molecule has 1 fully saturated rings. The predicted molar refractivity (Wildman–Crippen MR) is 106 cm³/mol. The van der Waals surface area contributed by atoms with Gasteiger partial charge in [0.05, 0.1) is 0 Å². The van der Waals surface area contributed by atoms with Gasteiger partial charge in [0.15, 0.2) is 0 Å². The van der Waals surface area contributed by atoms with Crippen LogP contribution in [-0.2, 0) is 13.1 Å². The minimum absolute atomic E-state index is 0.783. The molecule has 1 aliphatic rings. The molecule has 2 atom stereocenters. The Labute approximate surface area is 150 Å². The SMILES string of the molecule is CC1C[C@@H]1c1ccc(N(Cc2ccccc2)Cc2ccccc2)cc1. The molecule has 0 saturated heterocycles. The number of benzene rings is 3. The second-order valence-electron chi connectivity index (χ2n) is 7.24. The van der Waals surface area contributed by atoms with E-state index in [0.717, 1.165) is 24.9 Å². The maximum absolute atomic E-state index is 2.46. The minimum Gasteiger partial charge on any atom is -0.363 e. The third kappa shape index (κ3) is 3.93. The van der Waals surface area contributed by atoms with Gasteiger partial charge in [-0.2, -0.15) is 0 Å². The van der Waals surface area contributed by atoms with Crippen molar-refractivity contribution >= 4 is 5.69 Å². The van der Waals surface area contributed by atoms with Crippen LogP contribution in [0.4, 0.5) is 5.69 Å². The van der Waals surface area contributed by atoms with Crippen LogP contribution in [-0.4, -0.2) is 0 Å². The van der Waals surface area contributed by atoms with E-state index in [1.807, 2.05) is 0 Å². The molecule has 1 nitrogen and oxygen atoms in total. The van der Waals surface area contributed by atoms with E-state index in [0.29, 0.717) is 0 Å². The monoisotopic (exact) mass is 327 g/mol. The summed E-state index contributed by atoms with van der Waals surface area (Å²) in [5.74, 6) is 1.64. The number of hydrogen-bond acceptors (Lipinski definition) is 1. The minimum atomic E-state index is 0.783. The van der Waals surface area contributed by atoms with E-state index in [1.54, 1.807) is 0 Å². The molecule has 0 aliphatic heterocycles. The Morgan fingerprint density at radius 1 is 0.720 bits per heavy atom. The van der Waals surface area contributed by atoms with Crippen LogP contribution in [0, 0.1) is 5.92 Å². The summed E-state index contributed by atoms with van der Waals surface area (Å²) in [6.07, 6.45) is 1.34. The first-order valence-corrected chi connectivity index (χ1v) is 9.22. The van der Waals surface area contributed by atoms with Gasteiger partial charge in [-0.15, -0.1) is 0 Å². The summed E-state index contributed by atoms with van der Waals surface area (Å²) in [7, 11) is 0. The molecule has 1 aliphatic carbocycles. The molecule has 1 saturated carbocycles. The van der Waals surface area contributed by atoms with Crippen LogP contribution in [0.5, 0.6) is 0 Å². The summed E-state index contributed by atoms with van der Waals surface area (Å²) in [5, 5.41) is 0. The molecule has 0 spiro atoms. The van der Waals surface area contributed by atoms with Crippen molar-refractivity contribution < 1.29 is 0 Å². The van der Waals surface area contributed by atoms with Gasteiger partial charge in [-0.1, -0.05) is 79.7 Å². The van der Waals surface area contributed by atoms with Crippen LogP contribution in [0.25, 0.3) is 0 Å². The second-order valence-corrected chi connectivity index (χ2v) is 7.24. The zero-order valence-electron chi connectivity index (χ0n) is 14.8. The molecule has 3 aromatic carbocycles. The quantitative estimate of drug-likeness (QED) is 0.535. The average molecular weight is 327 g/mol. The zero-order chi connectivity index (χ0) is 17.1. The molecular formula is C24H25N. The highest BCUT2D eigenvalue weighted by molar-refractivity contribution is 5.50. The van der Waals surface area contributed by atoms with E-state index < -0.39 is 0 Å². The summed E-state index contributed by atoms with van der Waals surface area (Å²) in [4.78, 5) is 2.46. The van der Waals surface area contributed by atoms with Gasteiger partial charge in [0.25, 0.3) is 0 Å². The van der Waals surface area contributed by atoms with Crippen LogP contribution < -0.4 is 4.90 Å². The van der Waals surface area contributed by atoms with Gasteiger partial charge >= 0.3 is 0 Å². The fourth-order valence-electron chi connectivity index (χ4n) is 3.57. The molecule has 4 rings (SSSR count). The summed E-state index contributed by atoms with van der Waals surface area (Å²) in [6, 6.07) is 30.7. The van der Waals surface area contributed by atoms with Crippen molar-refractivity contribution in [3.8, 4) is 0 Å².